The van der Waals surface area contributed by atoms with E-state index in [9.17, 15) is 4.79 Å². The molecule has 0 spiro atoms. The Morgan fingerprint density at radius 1 is 1.12 bits per heavy atom. The number of carbonyl (C=O) groups excluding carboxylic acids is 1. The lowest BCUT2D eigenvalue weighted by Gasteiger charge is -2.31. The van der Waals surface area contributed by atoms with E-state index in [0.29, 0.717) is 25.6 Å². The average Bonchev–Trinajstić information content (AvgIpc) is 3.12. The smallest absolute Gasteiger partial charge is 0.232 e. The van der Waals surface area contributed by atoms with Crippen LogP contribution in [-0.2, 0) is 10.2 Å². The van der Waals surface area contributed by atoms with Gasteiger partial charge in [-0.15, -0.1) is 0 Å². The second-order valence-electron chi connectivity index (χ2n) is 7.55. The predicted octanol–water partition coefficient (Wildman–Crippen LogP) is 3.17. The van der Waals surface area contributed by atoms with Gasteiger partial charge in [-0.1, -0.05) is 48.5 Å². The summed E-state index contributed by atoms with van der Waals surface area (Å²) in [5, 5.41) is 0. The standard InChI is InChI=1S/C22H28N2O2/c1-22(2,19-11-7-8-12-20(19)26-3)21(25)24-14-17(13-23)18(15-24)16-9-5-4-6-10-16/h4-12,17-18H,13-15,23H2,1-3H3/t17-,18+/m1/s1. The highest BCUT2D eigenvalue weighted by atomic mass is 16.5. The van der Waals surface area contributed by atoms with Gasteiger partial charge >= 0.3 is 0 Å². The first-order valence-electron chi connectivity index (χ1n) is 9.17. The van der Waals surface area contributed by atoms with Crippen LogP contribution < -0.4 is 10.5 Å². The number of nitrogens with zero attached hydrogens (tertiary/aromatic N) is 1. The molecule has 138 valence electrons. The molecule has 4 nitrogen and oxygen atoms in total. The number of ether oxygens (including phenoxy) is 1. The summed E-state index contributed by atoms with van der Waals surface area (Å²) in [7, 11) is 1.64. The van der Waals surface area contributed by atoms with Crippen LogP contribution in [0.5, 0.6) is 5.75 Å². The predicted molar refractivity (Wildman–Crippen MR) is 104 cm³/mol. The Morgan fingerprint density at radius 3 is 2.42 bits per heavy atom. The van der Waals surface area contributed by atoms with E-state index in [0.717, 1.165) is 11.3 Å². The lowest BCUT2D eigenvalue weighted by Crippen LogP contribution is -2.42. The van der Waals surface area contributed by atoms with E-state index < -0.39 is 5.41 Å². The van der Waals surface area contributed by atoms with Gasteiger partial charge in [0.05, 0.1) is 12.5 Å². The largest absolute Gasteiger partial charge is 0.496 e. The van der Waals surface area contributed by atoms with Gasteiger partial charge in [-0.25, -0.2) is 0 Å². The zero-order valence-electron chi connectivity index (χ0n) is 15.8. The summed E-state index contributed by atoms with van der Waals surface area (Å²) < 4.78 is 5.49. The number of rotatable bonds is 5. The first kappa shape index (κ1) is 18.5. The second kappa shape index (κ2) is 7.50. The molecule has 1 aliphatic heterocycles. The van der Waals surface area contributed by atoms with Crippen LogP contribution in [0.2, 0.25) is 0 Å². The third-order valence-electron chi connectivity index (χ3n) is 5.57. The summed E-state index contributed by atoms with van der Waals surface area (Å²) in [6.07, 6.45) is 0. The Kier molecular flexibility index (Phi) is 5.33. The summed E-state index contributed by atoms with van der Waals surface area (Å²) >= 11 is 0. The van der Waals surface area contributed by atoms with Crippen LogP contribution in [0, 0.1) is 5.92 Å². The molecule has 0 aromatic heterocycles. The molecule has 1 heterocycles. The molecule has 2 N–H and O–H groups in total. The molecule has 4 heteroatoms. The van der Waals surface area contributed by atoms with E-state index in [1.54, 1.807) is 7.11 Å². The van der Waals surface area contributed by atoms with Gasteiger partial charge in [-0.2, -0.15) is 0 Å². The van der Waals surface area contributed by atoms with Crippen molar-refractivity contribution in [3.05, 3.63) is 65.7 Å². The van der Waals surface area contributed by atoms with Crippen molar-refractivity contribution in [1.29, 1.82) is 0 Å². The monoisotopic (exact) mass is 352 g/mol. The van der Waals surface area contributed by atoms with Crippen molar-refractivity contribution in [2.45, 2.75) is 25.2 Å². The number of hydrogen-bond donors (Lipinski definition) is 1. The number of methoxy groups -OCH3 is 1. The van der Waals surface area contributed by atoms with Crippen molar-refractivity contribution in [3.8, 4) is 5.75 Å². The zero-order chi connectivity index (χ0) is 18.7. The maximum absolute atomic E-state index is 13.4. The first-order valence-corrected chi connectivity index (χ1v) is 9.17. The highest BCUT2D eigenvalue weighted by molar-refractivity contribution is 5.88. The summed E-state index contributed by atoms with van der Waals surface area (Å²) in [6, 6.07) is 18.1. The summed E-state index contributed by atoms with van der Waals surface area (Å²) in [4.78, 5) is 15.4. The maximum atomic E-state index is 13.4. The van der Waals surface area contributed by atoms with Crippen LogP contribution in [0.3, 0.4) is 0 Å². The first-order chi connectivity index (χ1) is 12.5. The molecule has 0 unspecified atom stereocenters. The molecule has 1 amide bonds. The second-order valence-corrected chi connectivity index (χ2v) is 7.55. The lowest BCUT2D eigenvalue weighted by molar-refractivity contribution is -0.135. The molecule has 2 atom stereocenters. The van der Waals surface area contributed by atoms with Gasteiger partial charge in [0, 0.05) is 24.6 Å². The Labute approximate surface area is 156 Å². The van der Waals surface area contributed by atoms with Gasteiger partial charge in [0.1, 0.15) is 5.75 Å². The maximum Gasteiger partial charge on any atom is 0.232 e. The molecule has 1 saturated heterocycles. The zero-order valence-corrected chi connectivity index (χ0v) is 15.8. The van der Waals surface area contributed by atoms with Crippen LogP contribution in [0.4, 0.5) is 0 Å². The quantitative estimate of drug-likeness (QED) is 0.899. The number of benzene rings is 2. The molecule has 1 fully saturated rings. The molecule has 3 rings (SSSR count). The fourth-order valence-electron chi connectivity index (χ4n) is 4.03. The molecule has 0 aliphatic carbocycles. The van der Waals surface area contributed by atoms with Crippen molar-refractivity contribution < 1.29 is 9.53 Å². The van der Waals surface area contributed by atoms with Crippen molar-refractivity contribution in [3.63, 3.8) is 0 Å². The van der Waals surface area contributed by atoms with Gasteiger partial charge in [0.2, 0.25) is 5.91 Å². The molecule has 0 saturated carbocycles. The molecular weight excluding hydrogens is 324 g/mol. The molecule has 0 radical (unpaired) electrons. The summed E-state index contributed by atoms with van der Waals surface area (Å²) in [5.41, 5.74) is 7.55. The van der Waals surface area contributed by atoms with Gasteiger partial charge in [0.15, 0.2) is 0 Å². The highest BCUT2D eigenvalue weighted by Crippen LogP contribution is 2.37. The van der Waals surface area contributed by atoms with Crippen molar-refractivity contribution in [2.75, 3.05) is 26.7 Å². The van der Waals surface area contributed by atoms with Crippen LogP contribution in [0.1, 0.15) is 30.9 Å². The number of para-hydroxylation sites is 1. The number of nitrogens with two attached hydrogens (primary N) is 1. The number of likely N-dealkylation sites (tertiary alicyclic amines) is 1. The number of carbonyl (C=O) groups is 1. The van der Waals surface area contributed by atoms with Crippen molar-refractivity contribution >= 4 is 5.91 Å². The van der Waals surface area contributed by atoms with Crippen LogP contribution >= 0.6 is 0 Å². The molecule has 26 heavy (non-hydrogen) atoms. The summed E-state index contributed by atoms with van der Waals surface area (Å²) in [6.45, 7) is 5.94. The molecule has 2 aromatic carbocycles. The van der Waals surface area contributed by atoms with Crippen molar-refractivity contribution in [2.24, 2.45) is 11.7 Å². The minimum atomic E-state index is -0.655. The van der Waals surface area contributed by atoms with E-state index in [-0.39, 0.29) is 11.8 Å². The highest BCUT2D eigenvalue weighted by Gasteiger charge is 2.42. The molecular formula is C22H28N2O2. The van der Waals surface area contributed by atoms with E-state index >= 15 is 0 Å². The molecule has 0 bridgehead atoms. The van der Waals surface area contributed by atoms with E-state index in [1.165, 1.54) is 5.56 Å². The molecule has 2 aromatic rings. The Morgan fingerprint density at radius 2 is 1.77 bits per heavy atom. The van der Waals surface area contributed by atoms with Gasteiger partial charge in [-0.3, -0.25) is 4.79 Å². The van der Waals surface area contributed by atoms with Crippen LogP contribution in [-0.4, -0.2) is 37.6 Å². The van der Waals surface area contributed by atoms with E-state index in [2.05, 4.69) is 12.1 Å². The van der Waals surface area contributed by atoms with Gasteiger partial charge < -0.3 is 15.4 Å². The molecule has 1 aliphatic rings. The number of hydrogen-bond acceptors (Lipinski definition) is 3. The van der Waals surface area contributed by atoms with Crippen LogP contribution in [0.25, 0.3) is 0 Å². The fourth-order valence-corrected chi connectivity index (χ4v) is 4.03. The third-order valence-corrected chi connectivity index (χ3v) is 5.57. The van der Waals surface area contributed by atoms with Gasteiger partial charge in [-0.05, 0) is 37.9 Å². The number of amides is 1. The van der Waals surface area contributed by atoms with Crippen LogP contribution in [0.15, 0.2) is 54.6 Å². The van der Waals surface area contributed by atoms with E-state index in [1.807, 2.05) is 61.2 Å². The minimum Gasteiger partial charge on any atom is -0.496 e. The van der Waals surface area contributed by atoms with Gasteiger partial charge in [0.25, 0.3) is 0 Å². The Balaban J connectivity index is 1.86. The fraction of sp³-hybridized carbons (Fsp3) is 0.409. The third kappa shape index (κ3) is 3.34. The normalized spacial score (nSPS) is 20.2. The van der Waals surface area contributed by atoms with Crippen molar-refractivity contribution in [1.82, 2.24) is 4.90 Å². The minimum absolute atomic E-state index is 0.124. The Bertz CT molecular complexity index is 758. The average molecular weight is 352 g/mol. The lowest BCUT2D eigenvalue weighted by atomic mass is 9.82. The Hall–Kier alpha value is -2.33. The summed E-state index contributed by atoms with van der Waals surface area (Å²) in [5.74, 6) is 1.45. The van der Waals surface area contributed by atoms with E-state index in [4.69, 9.17) is 10.5 Å². The SMILES string of the molecule is COc1ccccc1C(C)(C)C(=O)N1C[C@@H](CN)[C@H](c2ccccc2)C1. The topological polar surface area (TPSA) is 55.6 Å².